The number of ketones is 1. The molecule has 2 N–H and O–H groups in total. The van der Waals surface area contributed by atoms with Crippen LogP contribution in [0.1, 0.15) is 18.4 Å². The minimum absolute atomic E-state index is 0. The molecule has 0 spiro atoms. The van der Waals surface area contributed by atoms with E-state index < -0.39 is 11.8 Å². The molecule has 0 saturated heterocycles. The van der Waals surface area contributed by atoms with Crippen LogP contribution in [-0.2, 0) is 19.9 Å². The summed E-state index contributed by atoms with van der Waals surface area (Å²) in [5.41, 5.74) is 0.513. The number of hydrogen-bond acceptors (Lipinski definition) is 4. The second kappa shape index (κ2) is 5.60. The van der Waals surface area contributed by atoms with Crippen molar-refractivity contribution in [2.24, 2.45) is 0 Å². The van der Waals surface area contributed by atoms with Crippen molar-refractivity contribution in [1.82, 2.24) is 5.32 Å². The van der Waals surface area contributed by atoms with Crippen molar-refractivity contribution in [3.05, 3.63) is 47.4 Å². The molecular formula is C14H14NNaO4. The molecule has 1 saturated carbocycles. The summed E-state index contributed by atoms with van der Waals surface area (Å²) in [6, 6.07) is 9.77. The van der Waals surface area contributed by atoms with Crippen molar-refractivity contribution < 1.29 is 19.4 Å². The fourth-order valence-electron chi connectivity index (χ4n) is 2.31. The van der Waals surface area contributed by atoms with E-state index in [2.05, 4.69) is 5.32 Å². The fourth-order valence-corrected chi connectivity index (χ4v) is 2.31. The van der Waals surface area contributed by atoms with Crippen LogP contribution in [0.15, 0.2) is 41.8 Å². The van der Waals surface area contributed by atoms with Crippen molar-refractivity contribution in [2.75, 3.05) is 6.61 Å². The predicted octanol–water partition coefficient (Wildman–Crippen LogP) is 0.512. The summed E-state index contributed by atoms with van der Waals surface area (Å²) in [6.07, 6.45) is 1.79. The van der Waals surface area contributed by atoms with Crippen LogP contribution in [0.3, 0.4) is 0 Å². The molecule has 1 aliphatic heterocycles. The van der Waals surface area contributed by atoms with Crippen molar-refractivity contribution in [2.45, 2.75) is 18.4 Å². The number of carbonyl (C=O) groups excluding carboxylic acids is 1. The average molecular weight is 283 g/mol. The molecule has 5 nitrogen and oxygen atoms in total. The van der Waals surface area contributed by atoms with Gasteiger partial charge < -0.3 is 15.2 Å². The topological polar surface area (TPSA) is 75.6 Å². The van der Waals surface area contributed by atoms with E-state index in [1.54, 1.807) is 0 Å². The van der Waals surface area contributed by atoms with E-state index in [4.69, 9.17) is 9.84 Å². The van der Waals surface area contributed by atoms with Crippen LogP contribution >= 0.6 is 0 Å². The summed E-state index contributed by atoms with van der Waals surface area (Å²) in [5.74, 6) is -1.63. The molecule has 6 heteroatoms. The first-order valence-electron chi connectivity index (χ1n) is 6.10. The van der Waals surface area contributed by atoms with Gasteiger partial charge in [0.25, 0.3) is 0 Å². The average Bonchev–Trinajstić information content (AvgIpc) is 3.09. The third-order valence-corrected chi connectivity index (χ3v) is 3.50. The van der Waals surface area contributed by atoms with Crippen LogP contribution in [0, 0.1) is 0 Å². The zero-order chi connectivity index (χ0) is 13.5. The van der Waals surface area contributed by atoms with Crippen LogP contribution in [0.4, 0.5) is 0 Å². The molecule has 1 heterocycles. The number of carboxylic acid groups (broad SMARTS) is 1. The van der Waals surface area contributed by atoms with Crippen LogP contribution in [0.2, 0.25) is 0 Å². The molecule has 1 aliphatic carbocycles. The molecular weight excluding hydrogens is 269 g/mol. The van der Waals surface area contributed by atoms with Gasteiger partial charge in [0.1, 0.15) is 0 Å². The van der Waals surface area contributed by atoms with E-state index in [0.29, 0.717) is 0 Å². The summed E-state index contributed by atoms with van der Waals surface area (Å²) >= 11 is 0. The number of rotatable bonds is 4. The van der Waals surface area contributed by atoms with E-state index in [1.807, 2.05) is 30.3 Å². The number of benzene rings is 1. The number of Topliss-reactive ketones (excluding diaryl/α,β-unsaturated/α-hetero) is 1. The SMILES string of the molecule is O=C(O)C1=C(NC2(c3ccccc3)CC2)OCC1=O.[NaH]. The first-order valence-corrected chi connectivity index (χ1v) is 6.10. The molecule has 0 aromatic heterocycles. The van der Waals surface area contributed by atoms with Gasteiger partial charge in [0.2, 0.25) is 11.7 Å². The number of ether oxygens (including phenoxy) is 1. The van der Waals surface area contributed by atoms with Gasteiger partial charge in [-0.05, 0) is 18.4 Å². The summed E-state index contributed by atoms with van der Waals surface area (Å²) in [7, 11) is 0. The second-order valence-corrected chi connectivity index (χ2v) is 4.79. The van der Waals surface area contributed by atoms with Crippen LogP contribution in [0.5, 0.6) is 0 Å². The second-order valence-electron chi connectivity index (χ2n) is 4.79. The Labute approximate surface area is 138 Å². The van der Waals surface area contributed by atoms with Gasteiger partial charge in [0.05, 0.1) is 5.54 Å². The van der Waals surface area contributed by atoms with Gasteiger partial charge in [0, 0.05) is 0 Å². The van der Waals surface area contributed by atoms with Crippen molar-refractivity contribution >= 4 is 41.3 Å². The Balaban J connectivity index is 0.00000147. The van der Waals surface area contributed by atoms with Gasteiger partial charge >= 0.3 is 35.5 Å². The Bertz CT molecular complexity index is 578. The molecule has 0 radical (unpaired) electrons. The maximum absolute atomic E-state index is 11.5. The number of nitrogens with one attached hydrogen (secondary N) is 1. The van der Waals surface area contributed by atoms with Crippen molar-refractivity contribution in [3.63, 3.8) is 0 Å². The Hall–Kier alpha value is -1.30. The molecule has 1 aromatic carbocycles. The molecule has 100 valence electrons. The van der Waals surface area contributed by atoms with Crippen LogP contribution < -0.4 is 5.32 Å². The van der Waals surface area contributed by atoms with E-state index in [-0.39, 0.29) is 53.2 Å². The molecule has 1 fully saturated rings. The standard InChI is InChI=1S/C14H13NO4.Na.H/c16-10-8-19-12(11(10)13(17)18)15-14(6-7-14)9-4-2-1-3-5-9;;/h1-5,15H,6-8H2,(H,17,18);;. The van der Waals surface area contributed by atoms with E-state index in [9.17, 15) is 9.59 Å². The first-order chi connectivity index (χ1) is 9.12. The Morgan fingerprint density at radius 2 is 1.90 bits per heavy atom. The van der Waals surface area contributed by atoms with Gasteiger partial charge in [-0.15, -0.1) is 0 Å². The number of hydrogen-bond donors (Lipinski definition) is 2. The van der Waals surface area contributed by atoms with Gasteiger partial charge in [-0.1, -0.05) is 30.3 Å². The summed E-state index contributed by atoms with van der Waals surface area (Å²) < 4.78 is 5.17. The quantitative estimate of drug-likeness (QED) is 0.622. The van der Waals surface area contributed by atoms with Gasteiger partial charge in [-0.3, -0.25) is 4.79 Å². The normalized spacial score (nSPS) is 19.1. The van der Waals surface area contributed by atoms with Crippen molar-refractivity contribution in [3.8, 4) is 0 Å². The summed E-state index contributed by atoms with van der Waals surface area (Å²) in [4.78, 5) is 22.5. The third-order valence-electron chi connectivity index (χ3n) is 3.50. The molecule has 0 unspecified atom stereocenters. The van der Waals surface area contributed by atoms with E-state index >= 15 is 0 Å². The van der Waals surface area contributed by atoms with E-state index in [1.165, 1.54) is 0 Å². The summed E-state index contributed by atoms with van der Waals surface area (Å²) in [5, 5.41) is 12.1. The maximum atomic E-state index is 11.5. The van der Waals surface area contributed by atoms with Gasteiger partial charge in [-0.2, -0.15) is 0 Å². The van der Waals surface area contributed by atoms with Gasteiger partial charge in [-0.25, -0.2) is 4.79 Å². The summed E-state index contributed by atoms with van der Waals surface area (Å²) in [6.45, 7) is -0.200. The Kier molecular flexibility index (Phi) is 4.22. The van der Waals surface area contributed by atoms with E-state index in [0.717, 1.165) is 18.4 Å². The molecule has 2 aliphatic rings. The zero-order valence-corrected chi connectivity index (χ0v) is 10.2. The van der Waals surface area contributed by atoms with Crippen LogP contribution in [-0.4, -0.2) is 53.0 Å². The molecule has 20 heavy (non-hydrogen) atoms. The van der Waals surface area contributed by atoms with Gasteiger partial charge in [0.15, 0.2) is 12.2 Å². The molecule has 0 amide bonds. The Morgan fingerprint density at radius 1 is 1.25 bits per heavy atom. The minimum atomic E-state index is -1.24. The zero-order valence-electron chi connectivity index (χ0n) is 10.2. The molecule has 0 bridgehead atoms. The number of aliphatic carboxylic acids is 1. The Morgan fingerprint density at radius 3 is 2.45 bits per heavy atom. The van der Waals surface area contributed by atoms with Crippen molar-refractivity contribution in [1.29, 1.82) is 0 Å². The fraction of sp³-hybridized carbons (Fsp3) is 0.286. The monoisotopic (exact) mass is 283 g/mol. The molecule has 3 rings (SSSR count). The van der Waals surface area contributed by atoms with Crippen LogP contribution in [0.25, 0.3) is 0 Å². The molecule has 0 atom stereocenters. The number of carboxylic acids is 1. The third kappa shape index (κ3) is 2.61. The first kappa shape index (κ1) is 15.1. The molecule has 1 aromatic rings. The number of carbonyl (C=O) groups is 2. The predicted molar refractivity (Wildman–Crippen MR) is 73.3 cm³/mol.